The molecule has 0 aliphatic carbocycles. The fraction of sp³-hybridized carbons (Fsp3) is 0.0400. The summed E-state index contributed by atoms with van der Waals surface area (Å²) in [6, 6.07) is 24.5. The van der Waals surface area contributed by atoms with Crippen LogP contribution in [0.15, 0.2) is 89.9 Å². The lowest BCUT2D eigenvalue weighted by Gasteiger charge is -2.07. The van der Waals surface area contributed by atoms with Crippen LogP contribution in [0, 0.1) is 4.77 Å². The molecule has 0 radical (unpaired) electrons. The third-order valence-electron chi connectivity index (χ3n) is 5.30. The third kappa shape index (κ3) is 4.24. The summed E-state index contributed by atoms with van der Waals surface area (Å²) in [4.78, 5) is 30.4. The number of rotatable bonds is 5. The Morgan fingerprint density at radius 2 is 1.70 bits per heavy atom. The second-order valence-corrected chi connectivity index (χ2v) is 7.91. The van der Waals surface area contributed by atoms with E-state index in [-0.39, 0.29) is 16.2 Å². The molecule has 5 aromatic rings. The number of aromatic nitrogens is 4. The maximum atomic E-state index is 12.9. The van der Waals surface area contributed by atoms with Gasteiger partial charge in [0.05, 0.1) is 22.3 Å². The van der Waals surface area contributed by atoms with Crippen molar-refractivity contribution in [1.82, 2.24) is 25.1 Å². The van der Waals surface area contributed by atoms with E-state index < -0.39 is 0 Å². The standard InChI is InChI=1S/C25H19N5O2S/c31-23(17-11-12-20-21(13-17)27-25(33)28-24(20)32)26-14-18-15-30(19-9-5-2-6-10-19)29-22(18)16-7-3-1-4-8-16/h1-13,15H,14H2,(H,26,31)(H2,27,28,32,33). The van der Waals surface area contributed by atoms with Gasteiger partial charge in [-0.05, 0) is 42.5 Å². The Morgan fingerprint density at radius 3 is 2.45 bits per heavy atom. The van der Waals surface area contributed by atoms with E-state index in [4.69, 9.17) is 17.3 Å². The average Bonchev–Trinajstić information content (AvgIpc) is 3.27. The highest BCUT2D eigenvalue weighted by Crippen LogP contribution is 2.23. The molecule has 2 heterocycles. The Balaban J connectivity index is 1.45. The topological polar surface area (TPSA) is 95.6 Å². The zero-order chi connectivity index (χ0) is 22.8. The Hall–Kier alpha value is -4.30. The van der Waals surface area contributed by atoms with Crippen molar-refractivity contribution in [3.63, 3.8) is 0 Å². The maximum Gasteiger partial charge on any atom is 0.259 e. The molecular formula is C25H19N5O2S. The number of aromatic amines is 2. The molecule has 33 heavy (non-hydrogen) atoms. The van der Waals surface area contributed by atoms with Crippen molar-refractivity contribution in [3.05, 3.63) is 111 Å². The van der Waals surface area contributed by atoms with Crippen LogP contribution < -0.4 is 10.9 Å². The second-order valence-electron chi connectivity index (χ2n) is 7.50. The molecule has 0 spiro atoms. The van der Waals surface area contributed by atoms with Crippen LogP contribution in [0.4, 0.5) is 0 Å². The van der Waals surface area contributed by atoms with Gasteiger partial charge in [-0.15, -0.1) is 0 Å². The van der Waals surface area contributed by atoms with Crippen LogP contribution in [0.2, 0.25) is 0 Å². The number of amides is 1. The highest BCUT2D eigenvalue weighted by molar-refractivity contribution is 7.71. The number of nitrogens with zero attached hydrogens (tertiary/aromatic N) is 2. The first-order valence-electron chi connectivity index (χ1n) is 10.3. The summed E-state index contributed by atoms with van der Waals surface area (Å²) in [5.74, 6) is -0.261. The lowest BCUT2D eigenvalue weighted by atomic mass is 10.1. The smallest absolute Gasteiger partial charge is 0.259 e. The summed E-state index contributed by atoms with van der Waals surface area (Å²) in [5.41, 5.74) is 4.23. The Labute approximate surface area is 193 Å². The molecule has 0 unspecified atom stereocenters. The molecule has 0 aliphatic rings. The summed E-state index contributed by atoms with van der Waals surface area (Å²) in [6.45, 7) is 0.291. The SMILES string of the molecule is O=C(NCc1cn(-c2ccccc2)nc1-c1ccccc1)c1ccc2c(=O)[nH]c(=S)[nH]c2c1. The number of nitrogens with one attached hydrogen (secondary N) is 3. The molecule has 3 N–H and O–H groups in total. The molecule has 5 rings (SSSR count). The Kier molecular flexibility index (Phi) is 5.42. The number of benzene rings is 3. The van der Waals surface area contributed by atoms with E-state index in [2.05, 4.69) is 15.3 Å². The maximum absolute atomic E-state index is 12.9. The molecule has 1 amide bonds. The number of carbonyl (C=O) groups is 1. The number of H-pyrrole nitrogens is 2. The van der Waals surface area contributed by atoms with Crippen LogP contribution >= 0.6 is 12.2 Å². The molecule has 0 atom stereocenters. The largest absolute Gasteiger partial charge is 0.348 e. The predicted molar refractivity (Wildman–Crippen MR) is 130 cm³/mol. The fourth-order valence-electron chi connectivity index (χ4n) is 3.68. The van der Waals surface area contributed by atoms with Gasteiger partial charge in [0.15, 0.2) is 4.77 Å². The first-order valence-corrected chi connectivity index (χ1v) is 10.7. The molecule has 2 aromatic heterocycles. The number of carbonyl (C=O) groups excluding carboxylic acids is 1. The van der Waals surface area contributed by atoms with Gasteiger partial charge in [0.2, 0.25) is 0 Å². The van der Waals surface area contributed by atoms with Crippen LogP contribution in [-0.2, 0) is 6.54 Å². The predicted octanol–water partition coefficient (Wildman–Crippen LogP) is 4.37. The Bertz CT molecular complexity index is 1570. The van der Waals surface area contributed by atoms with Gasteiger partial charge in [0.25, 0.3) is 11.5 Å². The van der Waals surface area contributed by atoms with E-state index >= 15 is 0 Å². The summed E-state index contributed by atoms with van der Waals surface area (Å²) in [6.07, 6.45) is 1.93. The zero-order valence-corrected chi connectivity index (χ0v) is 18.2. The molecular weight excluding hydrogens is 434 g/mol. The molecule has 3 aromatic carbocycles. The second kappa shape index (κ2) is 8.68. The highest BCUT2D eigenvalue weighted by atomic mass is 32.1. The highest BCUT2D eigenvalue weighted by Gasteiger charge is 2.14. The zero-order valence-electron chi connectivity index (χ0n) is 17.4. The van der Waals surface area contributed by atoms with E-state index in [1.165, 1.54) is 0 Å². The molecule has 0 fully saturated rings. The molecule has 0 bridgehead atoms. The molecule has 0 saturated carbocycles. The number of para-hydroxylation sites is 1. The first kappa shape index (κ1) is 20.6. The molecule has 162 valence electrons. The monoisotopic (exact) mass is 453 g/mol. The lowest BCUT2D eigenvalue weighted by molar-refractivity contribution is 0.0951. The minimum Gasteiger partial charge on any atom is -0.348 e. The van der Waals surface area contributed by atoms with Crippen LogP contribution in [0.1, 0.15) is 15.9 Å². The summed E-state index contributed by atoms with van der Waals surface area (Å²) in [7, 11) is 0. The van der Waals surface area contributed by atoms with E-state index in [9.17, 15) is 9.59 Å². The normalized spacial score (nSPS) is 10.9. The quantitative estimate of drug-likeness (QED) is 0.345. The van der Waals surface area contributed by atoms with Gasteiger partial charge in [0, 0.05) is 29.4 Å². The van der Waals surface area contributed by atoms with Crippen LogP contribution in [0.25, 0.3) is 27.8 Å². The van der Waals surface area contributed by atoms with Crippen molar-refractivity contribution in [3.8, 4) is 16.9 Å². The van der Waals surface area contributed by atoms with Gasteiger partial charge in [0.1, 0.15) is 0 Å². The Morgan fingerprint density at radius 1 is 0.970 bits per heavy atom. The summed E-state index contributed by atoms with van der Waals surface area (Å²) in [5, 5.41) is 8.18. The molecule has 0 aliphatic heterocycles. The van der Waals surface area contributed by atoms with Gasteiger partial charge >= 0.3 is 0 Å². The summed E-state index contributed by atoms with van der Waals surface area (Å²) >= 11 is 5.03. The fourth-order valence-corrected chi connectivity index (χ4v) is 3.88. The van der Waals surface area contributed by atoms with E-state index in [0.29, 0.717) is 23.0 Å². The minimum absolute atomic E-state index is 0.214. The van der Waals surface area contributed by atoms with Crippen LogP contribution in [0.3, 0.4) is 0 Å². The third-order valence-corrected chi connectivity index (χ3v) is 5.50. The first-order chi connectivity index (χ1) is 16.1. The summed E-state index contributed by atoms with van der Waals surface area (Å²) < 4.78 is 2.03. The van der Waals surface area contributed by atoms with Crippen molar-refractivity contribution in [2.24, 2.45) is 0 Å². The minimum atomic E-state index is -0.290. The van der Waals surface area contributed by atoms with E-state index in [1.807, 2.05) is 71.5 Å². The van der Waals surface area contributed by atoms with E-state index in [1.54, 1.807) is 18.2 Å². The van der Waals surface area contributed by atoms with Crippen LogP contribution in [-0.4, -0.2) is 25.7 Å². The molecule has 7 nitrogen and oxygen atoms in total. The van der Waals surface area contributed by atoms with Crippen molar-refractivity contribution in [1.29, 1.82) is 0 Å². The number of fused-ring (bicyclic) bond motifs is 1. The molecule has 8 heteroatoms. The number of hydrogen-bond donors (Lipinski definition) is 3. The van der Waals surface area contributed by atoms with Crippen LogP contribution in [0.5, 0.6) is 0 Å². The van der Waals surface area contributed by atoms with Crippen molar-refractivity contribution >= 4 is 29.0 Å². The van der Waals surface area contributed by atoms with Gasteiger partial charge in [-0.3, -0.25) is 14.6 Å². The van der Waals surface area contributed by atoms with Crippen molar-refractivity contribution in [2.45, 2.75) is 6.54 Å². The lowest BCUT2D eigenvalue weighted by Crippen LogP contribution is -2.23. The van der Waals surface area contributed by atoms with Gasteiger partial charge in [-0.2, -0.15) is 5.10 Å². The van der Waals surface area contributed by atoms with Gasteiger partial charge in [-0.1, -0.05) is 48.5 Å². The molecule has 0 saturated heterocycles. The van der Waals surface area contributed by atoms with Crippen molar-refractivity contribution < 1.29 is 4.79 Å². The van der Waals surface area contributed by atoms with Gasteiger partial charge in [-0.25, -0.2) is 4.68 Å². The van der Waals surface area contributed by atoms with Gasteiger partial charge < -0.3 is 10.3 Å². The average molecular weight is 454 g/mol. The van der Waals surface area contributed by atoms with E-state index in [0.717, 1.165) is 22.5 Å². The number of hydrogen-bond acceptors (Lipinski definition) is 4. The van der Waals surface area contributed by atoms with Crippen molar-refractivity contribution in [2.75, 3.05) is 0 Å².